The molecule has 0 fully saturated rings. The molecule has 0 radical (unpaired) electrons. The summed E-state index contributed by atoms with van der Waals surface area (Å²) in [6.45, 7) is 5.91. The minimum Gasteiger partial charge on any atom is -0.496 e. The van der Waals surface area contributed by atoms with E-state index in [4.69, 9.17) is 4.74 Å². The van der Waals surface area contributed by atoms with E-state index in [1.807, 2.05) is 56.3 Å². The third-order valence-corrected chi connectivity index (χ3v) is 4.11. The molecule has 2 amide bonds. The summed E-state index contributed by atoms with van der Waals surface area (Å²) in [7, 11) is 1.63. The van der Waals surface area contributed by atoms with Crippen molar-refractivity contribution in [2.45, 2.75) is 27.2 Å². The molecule has 5 nitrogen and oxygen atoms in total. The number of carbonyl (C=O) groups excluding carboxylic acids is 2. The van der Waals surface area contributed by atoms with Gasteiger partial charge in [-0.05, 0) is 55.2 Å². The molecule has 0 unspecified atom stereocenters. The zero-order valence-corrected chi connectivity index (χ0v) is 15.8. The number of hydrogen-bond acceptors (Lipinski definition) is 3. The third-order valence-electron chi connectivity index (χ3n) is 4.11. The minimum absolute atomic E-state index is 0.00412. The number of nitrogens with one attached hydrogen (secondary N) is 1. The van der Waals surface area contributed by atoms with Gasteiger partial charge in [-0.2, -0.15) is 0 Å². The van der Waals surface area contributed by atoms with Crippen molar-refractivity contribution in [3.05, 3.63) is 59.2 Å². The second-order valence-corrected chi connectivity index (χ2v) is 6.36. The quantitative estimate of drug-likeness (QED) is 0.831. The molecule has 26 heavy (non-hydrogen) atoms. The highest BCUT2D eigenvalue weighted by molar-refractivity contribution is 5.97. The molecule has 0 aliphatic rings. The highest BCUT2D eigenvalue weighted by atomic mass is 16.5. The molecule has 1 N–H and O–H groups in total. The maximum absolute atomic E-state index is 12.3. The van der Waals surface area contributed by atoms with Gasteiger partial charge in [0.2, 0.25) is 11.8 Å². The number of nitrogens with zero attached hydrogens (tertiary/aromatic N) is 1. The highest BCUT2D eigenvalue weighted by Gasteiger charge is 2.16. The molecule has 0 aliphatic heterocycles. The van der Waals surface area contributed by atoms with E-state index in [9.17, 15) is 9.59 Å². The summed E-state index contributed by atoms with van der Waals surface area (Å²) in [6.07, 6.45) is 0.666. The molecule has 5 heteroatoms. The summed E-state index contributed by atoms with van der Waals surface area (Å²) in [5, 5.41) is 2.88. The summed E-state index contributed by atoms with van der Waals surface area (Å²) >= 11 is 0. The first-order valence-electron chi connectivity index (χ1n) is 8.65. The largest absolute Gasteiger partial charge is 0.496 e. The van der Waals surface area contributed by atoms with E-state index < -0.39 is 0 Å². The van der Waals surface area contributed by atoms with Crippen molar-refractivity contribution in [2.24, 2.45) is 0 Å². The molecule has 0 saturated heterocycles. The molecule has 0 heterocycles. The smallest absolute Gasteiger partial charge is 0.240 e. The Bertz CT molecular complexity index is 766. The second-order valence-electron chi connectivity index (χ2n) is 6.36. The molecule has 138 valence electrons. The van der Waals surface area contributed by atoms with Gasteiger partial charge in [-0.1, -0.05) is 24.3 Å². The molecular formula is C21H26N2O3. The molecule has 2 aromatic rings. The Hall–Kier alpha value is -2.82. The SMILES string of the molecule is COc1ccccc1CCNC(=O)CN(C(C)=O)c1cc(C)cc(C)c1. The predicted molar refractivity (Wildman–Crippen MR) is 104 cm³/mol. The Labute approximate surface area is 155 Å². The summed E-state index contributed by atoms with van der Waals surface area (Å²) < 4.78 is 5.31. The lowest BCUT2D eigenvalue weighted by atomic mass is 10.1. The number of anilines is 1. The van der Waals surface area contributed by atoms with Crippen LogP contribution < -0.4 is 15.0 Å². The number of carbonyl (C=O) groups is 2. The standard InChI is InChI=1S/C21H26N2O3/c1-15-11-16(2)13-19(12-15)23(17(3)24)14-21(25)22-10-9-18-7-5-6-8-20(18)26-4/h5-8,11-13H,9-10,14H2,1-4H3,(H,22,25). The van der Waals surface area contributed by atoms with Crippen LogP contribution in [0, 0.1) is 13.8 Å². The Balaban J connectivity index is 1.97. The van der Waals surface area contributed by atoms with Crippen LogP contribution >= 0.6 is 0 Å². The predicted octanol–water partition coefficient (Wildman–Crippen LogP) is 3.02. The molecular weight excluding hydrogens is 328 g/mol. The zero-order valence-electron chi connectivity index (χ0n) is 15.8. The number of para-hydroxylation sites is 1. The Morgan fingerprint density at radius 1 is 1.08 bits per heavy atom. The van der Waals surface area contributed by atoms with Crippen LogP contribution in [0.3, 0.4) is 0 Å². The van der Waals surface area contributed by atoms with Crippen molar-refractivity contribution in [3.63, 3.8) is 0 Å². The van der Waals surface area contributed by atoms with Crippen molar-refractivity contribution in [2.75, 3.05) is 25.1 Å². The number of methoxy groups -OCH3 is 1. The van der Waals surface area contributed by atoms with Crippen molar-refractivity contribution < 1.29 is 14.3 Å². The number of ether oxygens (including phenoxy) is 1. The van der Waals surface area contributed by atoms with E-state index in [2.05, 4.69) is 5.32 Å². The van der Waals surface area contributed by atoms with E-state index in [-0.39, 0.29) is 18.4 Å². The average Bonchev–Trinajstić information content (AvgIpc) is 2.59. The maximum atomic E-state index is 12.3. The van der Waals surface area contributed by atoms with Crippen molar-refractivity contribution in [1.82, 2.24) is 5.32 Å². The average molecular weight is 354 g/mol. The molecule has 0 saturated carbocycles. The molecule has 0 spiro atoms. The van der Waals surface area contributed by atoms with Crippen LogP contribution in [-0.2, 0) is 16.0 Å². The number of benzene rings is 2. The third kappa shape index (κ3) is 5.34. The van der Waals surface area contributed by atoms with Gasteiger partial charge in [0.1, 0.15) is 12.3 Å². The molecule has 0 aromatic heterocycles. The van der Waals surface area contributed by atoms with Crippen LogP contribution in [0.4, 0.5) is 5.69 Å². The van der Waals surface area contributed by atoms with Crippen molar-refractivity contribution in [1.29, 1.82) is 0 Å². The molecule has 2 rings (SSSR count). The van der Waals surface area contributed by atoms with E-state index in [0.29, 0.717) is 13.0 Å². The van der Waals surface area contributed by atoms with Gasteiger partial charge >= 0.3 is 0 Å². The van der Waals surface area contributed by atoms with Crippen LogP contribution in [0.1, 0.15) is 23.6 Å². The summed E-state index contributed by atoms with van der Waals surface area (Å²) in [4.78, 5) is 25.8. The van der Waals surface area contributed by atoms with Crippen molar-refractivity contribution in [3.8, 4) is 5.75 Å². The Kier molecular flexibility index (Phi) is 6.78. The van der Waals surface area contributed by atoms with E-state index in [1.54, 1.807) is 7.11 Å². The van der Waals surface area contributed by atoms with Gasteiger partial charge in [-0.3, -0.25) is 9.59 Å². The van der Waals surface area contributed by atoms with Gasteiger partial charge in [-0.25, -0.2) is 0 Å². The topological polar surface area (TPSA) is 58.6 Å². The van der Waals surface area contributed by atoms with Crippen LogP contribution in [-0.4, -0.2) is 32.0 Å². The highest BCUT2D eigenvalue weighted by Crippen LogP contribution is 2.19. The monoisotopic (exact) mass is 354 g/mol. The fourth-order valence-corrected chi connectivity index (χ4v) is 2.94. The summed E-state index contributed by atoms with van der Waals surface area (Å²) in [5.41, 5.74) is 3.90. The van der Waals surface area contributed by atoms with E-state index in [0.717, 1.165) is 28.1 Å². The maximum Gasteiger partial charge on any atom is 0.240 e. The fraction of sp³-hybridized carbons (Fsp3) is 0.333. The molecule has 2 aromatic carbocycles. The first-order chi connectivity index (χ1) is 12.4. The van der Waals surface area contributed by atoms with Crippen LogP contribution in [0.25, 0.3) is 0 Å². The second kappa shape index (κ2) is 9.04. The lowest BCUT2D eigenvalue weighted by Crippen LogP contribution is -2.40. The van der Waals surface area contributed by atoms with E-state index in [1.165, 1.54) is 11.8 Å². The molecule has 0 aliphatic carbocycles. The Morgan fingerprint density at radius 3 is 2.35 bits per heavy atom. The van der Waals surface area contributed by atoms with Crippen molar-refractivity contribution >= 4 is 17.5 Å². The first-order valence-corrected chi connectivity index (χ1v) is 8.65. The van der Waals surface area contributed by atoms with Gasteiger partial charge in [0, 0.05) is 19.2 Å². The van der Waals surface area contributed by atoms with Crippen LogP contribution in [0.2, 0.25) is 0 Å². The summed E-state index contributed by atoms with van der Waals surface area (Å²) in [5.74, 6) is 0.464. The molecule has 0 atom stereocenters. The number of hydrogen-bond donors (Lipinski definition) is 1. The molecule has 0 bridgehead atoms. The van der Waals surface area contributed by atoms with Crippen LogP contribution in [0.15, 0.2) is 42.5 Å². The minimum atomic E-state index is -0.186. The van der Waals surface area contributed by atoms with E-state index >= 15 is 0 Å². The van der Waals surface area contributed by atoms with Gasteiger partial charge in [0.15, 0.2) is 0 Å². The number of rotatable bonds is 7. The van der Waals surface area contributed by atoms with Crippen LogP contribution in [0.5, 0.6) is 5.75 Å². The first kappa shape index (κ1) is 19.5. The fourth-order valence-electron chi connectivity index (χ4n) is 2.94. The summed E-state index contributed by atoms with van der Waals surface area (Å²) in [6, 6.07) is 13.6. The number of aryl methyl sites for hydroxylation is 2. The van der Waals surface area contributed by atoms with Gasteiger partial charge in [0.25, 0.3) is 0 Å². The normalized spacial score (nSPS) is 10.3. The zero-order chi connectivity index (χ0) is 19.1. The Morgan fingerprint density at radius 2 is 1.73 bits per heavy atom. The van der Waals surface area contributed by atoms with Gasteiger partial charge < -0.3 is 15.0 Å². The lowest BCUT2D eigenvalue weighted by Gasteiger charge is -2.22. The van der Waals surface area contributed by atoms with Gasteiger partial charge in [0.05, 0.1) is 7.11 Å². The number of amides is 2. The lowest BCUT2D eigenvalue weighted by molar-refractivity contribution is -0.123. The van der Waals surface area contributed by atoms with Gasteiger partial charge in [-0.15, -0.1) is 0 Å².